The minimum absolute atomic E-state index is 0.0511. The highest BCUT2D eigenvalue weighted by molar-refractivity contribution is 7.89. The van der Waals surface area contributed by atoms with E-state index in [1.807, 2.05) is 0 Å². The molecule has 1 aromatic heterocycles. The molecule has 1 aromatic rings. The molecule has 29 heavy (non-hydrogen) atoms. The number of rotatable bonds is 8. The Morgan fingerprint density at radius 2 is 2.03 bits per heavy atom. The van der Waals surface area contributed by atoms with E-state index < -0.39 is 22.2 Å². The first kappa shape index (κ1) is 22.2. The topological polar surface area (TPSA) is 123 Å². The van der Waals surface area contributed by atoms with Gasteiger partial charge in [-0.25, -0.2) is 18.1 Å². The monoisotopic (exact) mass is 428 g/mol. The van der Waals surface area contributed by atoms with Crippen molar-refractivity contribution in [2.45, 2.75) is 74.6 Å². The molecule has 0 unspecified atom stereocenters. The summed E-state index contributed by atoms with van der Waals surface area (Å²) in [6.45, 7) is 0.386. The van der Waals surface area contributed by atoms with Gasteiger partial charge in [0.25, 0.3) is 10.0 Å². The molecule has 3 rings (SSSR count). The minimum atomic E-state index is -3.80. The molecule has 1 aliphatic heterocycles. The summed E-state index contributed by atoms with van der Waals surface area (Å²) in [5.41, 5.74) is 0. The van der Waals surface area contributed by atoms with E-state index in [1.165, 1.54) is 44.6 Å². The van der Waals surface area contributed by atoms with Crippen molar-refractivity contribution in [3.63, 3.8) is 0 Å². The Hall–Kier alpha value is -1.49. The van der Waals surface area contributed by atoms with E-state index in [4.69, 9.17) is 4.74 Å². The van der Waals surface area contributed by atoms with E-state index >= 15 is 0 Å². The summed E-state index contributed by atoms with van der Waals surface area (Å²) in [6, 6.07) is -0.562. The van der Waals surface area contributed by atoms with Crippen LogP contribution in [0.3, 0.4) is 0 Å². The quantitative estimate of drug-likeness (QED) is 0.560. The number of aliphatic hydroxyl groups is 1. The van der Waals surface area contributed by atoms with Gasteiger partial charge in [0.15, 0.2) is 5.03 Å². The van der Waals surface area contributed by atoms with Gasteiger partial charge in [-0.15, -0.1) is 0 Å². The first-order valence-corrected chi connectivity index (χ1v) is 11.9. The number of nitrogens with one attached hydrogen (secondary N) is 2. The van der Waals surface area contributed by atoms with Crippen LogP contribution in [0.25, 0.3) is 0 Å². The number of sulfonamides is 1. The second-order valence-corrected chi connectivity index (χ2v) is 9.83. The number of aliphatic hydroxyl groups excluding tert-OH is 1. The number of nitrogens with zero attached hydrogens (tertiary/aromatic N) is 2. The lowest BCUT2D eigenvalue weighted by atomic mass is 9.89. The molecule has 0 bridgehead atoms. The molecule has 2 aliphatic rings. The predicted molar refractivity (Wildman–Crippen MR) is 107 cm³/mol. The first-order valence-electron chi connectivity index (χ1n) is 10.4. The summed E-state index contributed by atoms with van der Waals surface area (Å²) in [7, 11) is -2.11. The van der Waals surface area contributed by atoms with E-state index in [0.29, 0.717) is 25.3 Å². The summed E-state index contributed by atoms with van der Waals surface area (Å²) in [5.74, 6) is 0.514. The van der Waals surface area contributed by atoms with Crippen molar-refractivity contribution in [2.24, 2.45) is 13.0 Å². The fourth-order valence-electron chi connectivity index (χ4n) is 4.13. The van der Waals surface area contributed by atoms with E-state index in [-0.39, 0.29) is 30.1 Å². The van der Waals surface area contributed by atoms with E-state index in [1.54, 1.807) is 11.6 Å². The van der Waals surface area contributed by atoms with Gasteiger partial charge in [0, 0.05) is 19.8 Å². The molecule has 1 saturated heterocycles. The van der Waals surface area contributed by atoms with Crippen molar-refractivity contribution in [3.8, 4) is 0 Å². The third-order valence-corrected chi connectivity index (χ3v) is 7.16. The molecule has 1 aliphatic carbocycles. The molecule has 0 aromatic carbocycles. The molecular formula is C19H32N4O5S. The normalized spacial score (nSPS) is 26.3. The van der Waals surface area contributed by atoms with Crippen molar-refractivity contribution in [2.75, 3.05) is 13.2 Å². The van der Waals surface area contributed by atoms with Crippen LogP contribution < -0.4 is 10.0 Å². The molecule has 2 heterocycles. The van der Waals surface area contributed by atoms with Gasteiger partial charge in [-0.05, 0) is 31.6 Å². The Morgan fingerprint density at radius 3 is 2.69 bits per heavy atom. The summed E-state index contributed by atoms with van der Waals surface area (Å²) in [4.78, 5) is 16.1. The van der Waals surface area contributed by atoms with Crippen LogP contribution in [-0.4, -0.2) is 60.4 Å². The molecule has 0 radical (unpaired) electrons. The zero-order valence-electron chi connectivity index (χ0n) is 16.9. The molecule has 1 saturated carbocycles. The Morgan fingerprint density at radius 1 is 1.28 bits per heavy atom. The lowest BCUT2D eigenvalue weighted by Crippen LogP contribution is -2.51. The maximum atomic E-state index is 12.5. The van der Waals surface area contributed by atoms with Crippen LogP contribution in [0, 0.1) is 5.92 Å². The van der Waals surface area contributed by atoms with Crippen LogP contribution in [0.2, 0.25) is 0 Å². The van der Waals surface area contributed by atoms with Crippen molar-refractivity contribution in [1.82, 2.24) is 19.6 Å². The third kappa shape index (κ3) is 6.24. The lowest BCUT2D eigenvalue weighted by Gasteiger charge is -2.35. The fourth-order valence-corrected chi connectivity index (χ4v) is 5.41. The third-order valence-electron chi connectivity index (χ3n) is 5.78. The predicted octanol–water partition coefficient (Wildman–Crippen LogP) is 0.694. The number of hydrogen-bond acceptors (Lipinski definition) is 6. The van der Waals surface area contributed by atoms with E-state index in [0.717, 1.165) is 0 Å². The van der Waals surface area contributed by atoms with Crippen molar-refractivity contribution in [3.05, 3.63) is 12.5 Å². The molecule has 9 nitrogen and oxygen atoms in total. The summed E-state index contributed by atoms with van der Waals surface area (Å²) >= 11 is 0. The molecule has 1 amide bonds. The second-order valence-electron chi connectivity index (χ2n) is 8.17. The van der Waals surface area contributed by atoms with Crippen molar-refractivity contribution >= 4 is 15.9 Å². The van der Waals surface area contributed by atoms with E-state index in [9.17, 15) is 18.3 Å². The molecular weight excluding hydrogens is 396 g/mol. The fraction of sp³-hybridized carbons (Fsp3) is 0.789. The largest absolute Gasteiger partial charge is 0.394 e. The van der Waals surface area contributed by atoms with Crippen LogP contribution in [0.5, 0.6) is 0 Å². The Kier molecular flexibility index (Phi) is 7.66. The highest BCUT2D eigenvalue weighted by Gasteiger charge is 2.35. The minimum Gasteiger partial charge on any atom is -0.394 e. The van der Waals surface area contributed by atoms with Crippen molar-refractivity contribution in [1.29, 1.82) is 0 Å². The maximum absolute atomic E-state index is 12.5. The summed E-state index contributed by atoms with van der Waals surface area (Å²) < 4.78 is 34.9. The number of aryl methyl sites for hydroxylation is 1. The average Bonchev–Trinajstić information content (AvgIpc) is 3.15. The van der Waals surface area contributed by atoms with Crippen LogP contribution >= 0.6 is 0 Å². The highest BCUT2D eigenvalue weighted by atomic mass is 32.2. The maximum Gasteiger partial charge on any atom is 0.259 e. The molecule has 3 atom stereocenters. The van der Waals surface area contributed by atoms with Gasteiger partial charge >= 0.3 is 0 Å². The average molecular weight is 429 g/mol. The SMILES string of the molecule is Cn1cnc(S(=O)(=O)N[C@@H]2CC[C@H](CC(=O)NCC3CCCCC3)O[C@H]2CO)c1. The Bertz CT molecular complexity index is 775. The van der Waals surface area contributed by atoms with Crippen LogP contribution in [0.1, 0.15) is 51.4 Å². The number of hydrogen-bond donors (Lipinski definition) is 3. The zero-order valence-corrected chi connectivity index (χ0v) is 17.7. The van der Waals surface area contributed by atoms with Gasteiger partial charge in [-0.2, -0.15) is 0 Å². The van der Waals surface area contributed by atoms with Gasteiger partial charge < -0.3 is 19.7 Å². The number of aromatic nitrogens is 2. The second kappa shape index (κ2) is 10.0. The van der Waals surface area contributed by atoms with Crippen LogP contribution in [0.4, 0.5) is 0 Å². The van der Waals surface area contributed by atoms with Crippen LogP contribution in [0.15, 0.2) is 17.6 Å². The number of carbonyl (C=O) groups is 1. The smallest absolute Gasteiger partial charge is 0.259 e. The number of amides is 1. The summed E-state index contributed by atoms with van der Waals surface area (Å²) in [6.07, 6.45) is 9.16. The molecule has 3 N–H and O–H groups in total. The molecule has 164 valence electrons. The van der Waals surface area contributed by atoms with Gasteiger partial charge in [0.1, 0.15) is 0 Å². The van der Waals surface area contributed by atoms with E-state index in [2.05, 4.69) is 15.0 Å². The highest BCUT2D eigenvalue weighted by Crippen LogP contribution is 2.24. The molecule has 0 spiro atoms. The van der Waals surface area contributed by atoms with Gasteiger partial charge in [0.05, 0.1) is 37.6 Å². The number of imidazole rings is 1. The molecule has 2 fully saturated rings. The Balaban J connectivity index is 1.48. The summed E-state index contributed by atoms with van der Waals surface area (Å²) in [5, 5.41) is 12.6. The lowest BCUT2D eigenvalue weighted by molar-refractivity contribution is -0.130. The van der Waals surface area contributed by atoms with Crippen molar-refractivity contribution < 1.29 is 23.1 Å². The zero-order chi connectivity index (χ0) is 20.9. The van der Waals surface area contributed by atoms with Gasteiger partial charge in [-0.1, -0.05) is 19.3 Å². The number of carbonyl (C=O) groups excluding carboxylic acids is 1. The number of ether oxygens (including phenoxy) is 1. The first-order chi connectivity index (χ1) is 13.9. The van der Waals surface area contributed by atoms with Gasteiger partial charge in [-0.3, -0.25) is 4.79 Å². The Labute approximate surface area is 172 Å². The molecule has 10 heteroatoms. The van der Waals surface area contributed by atoms with Crippen LogP contribution in [-0.2, 0) is 26.6 Å². The van der Waals surface area contributed by atoms with Gasteiger partial charge in [0.2, 0.25) is 5.91 Å². The standard InChI is InChI=1S/C19H32N4O5S/c1-23-11-19(21-13-23)29(26,27)22-16-8-7-15(28-17(16)12-24)9-18(25)20-10-14-5-3-2-4-6-14/h11,13-17,22,24H,2-10,12H2,1H3,(H,20,25)/t15-,16-,17+/m1/s1.